The Labute approximate surface area is 130 Å². The fourth-order valence-electron chi connectivity index (χ4n) is 3.09. The first kappa shape index (κ1) is 17.2. The molecule has 0 bridgehead atoms. The first-order chi connectivity index (χ1) is 10.2. The summed E-state index contributed by atoms with van der Waals surface area (Å²) in [6.07, 6.45) is 13.2. The molecule has 0 atom stereocenters. The number of rotatable bonds is 8. The van der Waals surface area contributed by atoms with Crippen molar-refractivity contribution in [3.05, 3.63) is 0 Å². The lowest BCUT2D eigenvalue weighted by Crippen LogP contribution is -2.49. The highest BCUT2D eigenvalue weighted by molar-refractivity contribution is 4.92. The van der Waals surface area contributed by atoms with E-state index in [4.69, 9.17) is 14.2 Å². The second kappa shape index (κ2) is 8.50. The van der Waals surface area contributed by atoms with Crippen molar-refractivity contribution >= 4 is 0 Å². The molecule has 0 spiro atoms. The summed E-state index contributed by atoms with van der Waals surface area (Å²) in [6, 6.07) is 0. The predicted molar refractivity (Wildman–Crippen MR) is 85.7 cm³/mol. The Morgan fingerprint density at radius 3 is 1.19 bits per heavy atom. The first-order valence-electron chi connectivity index (χ1n) is 9.10. The van der Waals surface area contributed by atoms with Gasteiger partial charge >= 0.3 is 0 Å². The van der Waals surface area contributed by atoms with Gasteiger partial charge in [0.15, 0.2) is 0 Å². The SMILES string of the molecule is C1CCC1.CCOC1(COCC2(OCC)CCC2)CCC1. The van der Waals surface area contributed by atoms with E-state index < -0.39 is 0 Å². The third-order valence-electron chi connectivity index (χ3n) is 5.16. The molecular formula is C18H34O3. The lowest BCUT2D eigenvalue weighted by atomic mass is 9.79. The molecule has 3 aliphatic carbocycles. The minimum atomic E-state index is 0.0336. The molecule has 0 aromatic heterocycles. The van der Waals surface area contributed by atoms with E-state index in [1.54, 1.807) is 0 Å². The second-order valence-corrected chi connectivity index (χ2v) is 6.85. The summed E-state index contributed by atoms with van der Waals surface area (Å²) < 4.78 is 17.6. The van der Waals surface area contributed by atoms with Gasteiger partial charge in [0.25, 0.3) is 0 Å². The molecule has 0 aromatic rings. The van der Waals surface area contributed by atoms with Gasteiger partial charge in [-0.05, 0) is 52.4 Å². The largest absolute Gasteiger partial charge is 0.375 e. The third kappa shape index (κ3) is 4.94. The summed E-state index contributed by atoms with van der Waals surface area (Å²) in [6.45, 7) is 7.20. The van der Waals surface area contributed by atoms with E-state index >= 15 is 0 Å². The van der Waals surface area contributed by atoms with Crippen LogP contribution in [0.1, 0.15) is 78.1 Å². The average molecular weight is 298 g/mol. The van der Waals surface area contributed by atoms with Gasteiger partial charge in [0.1, 0.15) is 0 Å². The zero-order valence-electron chi connectivity index (χ0n) is 14.1. The van der Waals surface area contributed by atoms with Crippen molar-refractivity contribution < 1.29 is 14.2 Å². The van der Waals surface area contributed by atoms with Crippen LogP contribution in [-0.4, -0.2) is 37.6 Å². The van der Waals surface area contributed by atoms with Crippen molar-refractivity contribution in [1.82, 2.24) is 0 Å². The van der Waals surface area contributed by atoms with Crippen molar-refractivity contribution in [1.29, 1.82) is 0 Å². The molecule has 3 rings (SSSR count). The van der Waals surface area contributed by atoms with Crippen molar-refractivity contribution in [2.24, 2.45) is 0 Å². The maximum Gasteiger partial charge on any atom is 0.0914 e. The Morgan fingerprint density at radius 1 is 0.619 bits per heavy atom. The fraction of sp³-hybridized carbons (Fsp3) is 1.00. The molecule has 3 aliphatic rings. The van der Waals surface area contributed by atoms with Crippen molar-refractivity contribution in [3.63, 3.8) is 0 Å². The molecule has 21 heavy (non-hydrogen) atoms. The van der Waals surface area contributed by atoms with Crippen molar-refractivity contribution in [2.75, 3.05) is 26.4 Å². The van der Waals surface area contributed by atoms with Gasteiger partial charge in [0.05, 0.1) is 24.4 Å². The van der Waals surface area contributed by atoms with Gasteiger partial charge in [0.2, 0.25) is 0 Å². The normalized spacial score (nSPS) is 24.9. The van der Waals surface area contributed by atoms with Crippen molar-refractivity contribution in [2.45, 2.75) is 89.3 Å². The molecule has 3 nitrogen and oxygen atoms in total. The van der Waals surface area contributed by atoms with Crippen LogP contribution in [0.15, 0.2) is 0 Å². The molecule has 3 saturated carbocycles. The highest BCUT2D eigenvalue weighted by Crippen LogP contribution is 2.38. The van der Waals surface area contributed by atoms with Crippen LogP contribution in [0.4, 0.5) is 0 Å². The summed E-state index contributed by atoms with van der Waals surface area (Å²) in [5, 5.41) is 0. The molecule has 0 radical (unpaired) electrons. The van der Waals surface area contributed by atoms with Crippen LogP contribution in [0.25, 0.3) is 0 Å². The van der Waals surface area contributed by atoms with Crippen LogP contribution in [0.3, 0.4) is 0 Å². The van der Waals surface area contributed by atoms with Gasteiger partial charge in [-0.3, -0.25) is 0 Å². The molecule has 0 heterocycles. The molecule has 0 amide bonds. The standard InChI is InChI=1S/C14H26O3.C4H8/c1-3-16-13(7-5-8-13)11-15-12-14(17-4-2)9-6-10-14;1-2-4-3-1/h3-12H2,1-2H3;1-4H2. The van der Waals surface area contributed by atoms with Gasteiger partial charge in [0, 0.05) is 13.2 Å². The Kier molecular flexibility index (Phi) is 6.97. The monoisotopic (exact) mass is 298 g/mol. The fourth-order valence-corrected chi connectivity index (χ4v) is 3.09. The predicted octanol–water partition coefficient (Wildman–Crippen LogP) is 4.48. The molecule has 0 aliphatic heterocycles. The molecule has 0 unspecified atom stereocenters. The summed E-state index contributed by atoms with van der Waals surface area (Å²) in [5.41, 5.74) is 0.0673. The lowest BCUT2D eigenvalue weighted by Gasteiger charge is -2.44. The van der Waals surface area contributed by atoms with E-state index in [2.05, 4.69) is 13.8 Å². The van der Waals surface area contributed by atoms with Crippen LogP contribution >= 0.6 is 0 Å². The molecule has 124 valence electrons. The average Bonchev–Trinajstić information content (AvgIpc) is 2.30. The Bertz CT molecular complexity index is 250. The van der Waals surface area contributed by atoms with Gasteiger partial charge in [-0.25, -0.2) is 0 Å². The van der Waals surface area contributed by atoms with E-state index in [1.165, 1.54) is 38.5 Å². The highest BCUT2D eigenvalue weighted by atomic mass is 16.6. The lowest BCUT2D eigenvalue weighted by molar-refractivity contribution is -0.180. The van der Waals surface area contributed by atoms with Crippen LogP contribution in [0.2, 0.25) is 0 Å². The smallest absolute Gasteiger partial charge is 0.0914 e. The highest BCUT2D eigenvalue weighted by Gasteiger charge is 2.41. The number of ether oxygens (including phenoxy) is 3. The molecule has 0 saturated heterocycles. The van der Waals surface area contributed by atoms with E-state index in [9.17, 15) is 0 Å². The van der Waals surface area contributed by atoms with E-state index in [0.29, 0.717) is 0 Å². The van der Waals surface area contributed by atoms with Crippen LogP contribution in [0, 0.1) is 0 Å². The van der Waals surface area contributed by atoms with E-state index in [0.717, 1.165) is 52.1 Å². The van der Waals surface area contributed by atoms with Gasteiger partial charge in [-0.2, -0.15) is 0 Å². The molecule has 3 fully saturated rings. The minimum absolute atomic E-state index is 0.0336. The summed E-state index contributed by atoms with van der Waals surface area (Å²) in [4.78, 5) is 0. The van der Waals surface area contributed by atoms with E-state index in [-0.39, 0.29) is 11.2 Å². The Morgan fingerprint density at radius 2 is 1.00 bits per heavy atom. The Balaban J connectivity index is 0.000000347. The second-order valence-electron chi connectivity index (χ2n) is 6.85. The van der Waals surface area contributed by atoms with E-state index in [1.807, 2.05) is 0 Å². The van der Waals surface area contributed by atoms with Gasteiger partial charge < -0.3 is 14.2 Å². The molecule has 3 heteroatoms. The zero-order valence-corrected chi connectivity index (χ0v) is 14.1. The molecule has 0 aromatic carbocycles. The number of hydrogen-bond acceptors (Lipinski definition) is 3. The third-order valence-corrected chi connectivity index (χ3v) is 5.16. The molecule has 0 N–H and O–H groups in total. The summed E-state index contributed by atoms with van der Waals surface area (Å²) in [5.74, 6) is 0. The minimum Gasteiger partial charge on any atom is -0.375 e. The zero-order chi connectivity index (χ0) is 15.0. The maximum absolute atomic E-state index is 5.90. The number of hydrogen-bond donors (Lipinski definition) is 0. The first-order valence-corrected chi connectivity index (χ1v) is 9.10. The summed E-state index contributed by atoms with van der Waals surface area (Å²) in [7, 11) is 0. The van der Waals surface area contributed by atoms with Crippen molar-refractivity contribution in [3.8, 4) is 0 Å². The van der Waals surface area contributed by atoms with Crippen LogP contribution in [0.5, 0.6) is 0 Å². The summed E-state index contributed by atoms with van der Waals surface area (Å²) >= 11 is 0. The Hall–Kier alpha value is -0.120. The molecular weight excluding hydrogens is 264 g/mol. The van der Waals surface area contributed by atoms with Gasteiger partial charge in [-0.15, -0.1) is 0 Å². The quantitative estimate of drug-likeness (QED) is 0.661. The van der Waals surface area contributed by atoms with Crippen LogP contribution in [-0.2, 0) is 14.2 Å². The topological polar surface area (TPSA) is 27.7 Å². The maximum atomic E-state index is 5.90. The van der Waals surface area contributed by atoms with Gasteiger partial charge in [-0.1, -0.05) is 25.7 Å². The van der Waals surface area contributed by atoms with Crippen LogP contribution < -0.4 is 0 Å².